The summed E-state index contributed by atoms with van der Waals surface area (Å²) in [5.74, 6) is 7.00. The summed E-state index contributed by atoms with van der Waals surface area (Å²) in [7, 11) is 0. The molecule has 1 rings (SSSR count). The van der Waals surface area contributed by atoms with Crippen LogP contribution >= 0.6 is 11.6 Å². The zero-order chi connectivity index (χ0) is 10.4. The monoisotopic (exact) mass is 206 g/mol. The Labute approximate surface area is 91.3 Å². The first-order chi connectivity index (χ1) is 6.72. The topological polar surface area (TPSA) is 0 Å². The van der Waals surface area contributed by atoms with Crippen LogP contribution in [-0.4, -0.2) is 0 Å². The van der Waals surface area contributed by atoms with Crippen LogP contribution in [0.15, 0.2) is 24.3 Å². The van der Waals surface area contributed by atoms with E-state index < -0.39 is 0 Å². The average molecular weight is 207 g/mol. The first-order valence-corrected chi connectivity index (χ1v) is 5.34. The Balaban J connectivity index is 2.55. The molecule has 1 aromatic carbocycles. The molecule has 1 atom stereocenters. The van der Waals surface area contributed by atoms with Crippen molar-refractivity contribution in [1.29, 1.82) is 0 Å². The highest BCUT2D eigenvalue weighted by Gasteiger charge is 1.93. The molecule has 14 heavy (non-hydrogen) atoms. The van der Waals surface area contributed by atoms with Gasteiger partial charge in [-0.3, -0.25) is 0 Å². The summed E-state index contributed by atoms with van der Waals surface area (Å²) in [6, 6.07) is 7.64. The second-order valence-electron chi connectivity index (χ2n) is 3.53. The molecule has 0 aromatic heterocycles. The van der Waals surface area contributed by atoms with E-state index in [0.717, 1.165) is 17.0 Å². The van der Waals surface area contributed by atoms with Crippen molar-refractivity contribution in [1.82, 2.24) is 0 Å². The van der Waals surface area contributed by atoms with E-state index >= 15 is 0 Å². The molecular weight excluding hydrogens is 192 g/mol. The SMILES string of the molecule is CCC(C)CC#Cc1ccc(Cl)cc1. The minimum absolute atomic E-state index is 0.690. The normalized spacial score (nSPS) is 11.6. The zero-order valence-electron chi connectivity index (χ0n) is 8.68. The van der Waals surface area contributed by atoms with Gasteiger partial charge in [-0.05, 0) is 30.2 Å². The molecule has 0 heterocycles. The van der Waals surface area contributed by atoms with Gasteiger partial charge in [-0.25, -0.2) is 0 Å². The fourth-order valence-electron chi connectivity index (χ4n) is 1.00. The minimum Gasteiger partial charge on any atom is -0.0976 e. The molecule has 1 heteroatoms. The van der Waals surface area contributed by atoms with Crippen LogP contribution in [-0.2, 0) is 0 Å². The molecule has 74 valence electrons. The highest BCUT2D eigenvalue weighted by molar-refractivity contribution is 6.30. The van der Waals surface area contributed by atoms with Crippen molar-refractivity contribution in [3.05, 3.63) is 34.9 Å². The van der Waals surface area contributed by atoms with Gasteiger partial charge in [0.25, 0.3) is 0 Å². The van der Waals surface area contributed by atoms with Crippen LogP contribution in [0.25, 0.3) is 0 Å². The molecule has 0 spiro atoms. The average Bonchev–Trinajstić information content (AvgIpc) is 2.21. The maximum atomic E-state index is 5.77. The van der Waals surface area contributed by atoms with Crippen LogP contribution in [0.1, 0.15) is 32.3 Å². The predicted molar refractivity (Wildman–Crippen MR) is 62.4 cm³/mol. The molecule has 1 aromatic rings. The summed E-state index contributed by atoms with van der Waals surface area (Å²) >= 11 is 5.77. The number of rotatable bonds is 2. The van der Waals surface area contributed by atoms with Gasteiger partial charge in [-0.1, -0.05) is 43.7 Å². The van der Waals surface area contributed by atoms with E-state index in [4.69, 9.17) is 11.6 Å². The molecule has 0 fully saturated rings. The van der Waals surface area contributed by atoms with Gasteiger partial charge in [-0.2, -0.15) is 0 Å². The van der Waals surface area contributed by atoms with Gasteiger partial charge in [0.15, 0.2) is 0 Å². The highest BCUT2D eigenvalue weighted by atomic mass is 35.5. The van der Waals surface area contributed by atoms with Crippen LogP contribution in [0.5, 0.6) is 0 Å². The number of halogens is 1. The number of hydrogen-bond donors (Lipinski definition) is 0. The van der Waals surface area contributed by atoms with E-state index in [0.29, 0.717) is 5.92 Å². The Bertz CT molecular complexity index is 326. The van der Waals surface area contributed by atoms with Gasteiger partial charge in [-0.15, -0.1) is 0 Å². The van der Waals surface area contributed by atoms with Gasteiger partial charge in [0.05, 0.1) is 0 Å². The molecule has 0 amide bonds. The van der Waals surface area contributed by atoms with Gasteiger partial charge in [0.2, 0.25) is 0 Å². The van der Waals surface area contributed by atoms with Crippen LogP contribution in [0.2, 0.25) is 5.02 Å². The summed E-state index contributed by atoms with van der Waals surface area (Å²) in [6.45, 7) is 4.41. The molecule has 0 saturated carbocycles. The molecule has 0 nitrogen and oxygen atoms in total. The lowest BCUT2D eigenvalue weighted by Gasteiger charge is -1.99. The smallest absolute Gasteiger partial charge is 0.0406 e. The van der Waals surface area contributed by atoms with Crippen LogP contribution in [0.4, 0.5) is 0 Å². The summed E-state index contributed by atoms with van der Waals surface area (Å²) in [5, 5.41) is 0.762. The Morgan fingerprint density at radius 2 is 1.93 bits per heavy atom. The summed E-state index contributed by atoms with van der Waals surface area (Å²) in [6.07, 6.45) is 2.16. The van der Waals surface area contributed by atoms with Crippen molar-refractivity contribution in [3.63, 3.8) is 0 Å². The molecule has 0 aliphatic rings. The Kier molecular flexibility index (Phi) is 4.56. The third-order valence-corrected chi connectivity index (χ3v) is 2.48. The molecule has 0 aliphatic heterocycles. The maximum absolute atomic E-state index is 5.77. The fourth-order valence-corrected chi connectivity index (χ4v) is 1.13. The van der Waals surface area contributed by atoms with E-state index in [2.05, 4.69) is 25.7 Å². The third-order valence-electron chi connectivity index (χ3n) is 2.22. The van der Waals surface area contributed by atoms with Crippen molar-refractivity contribution in [2.75, 3.05) is 0 Å². The quantitative estimate of drug-likeness (QED) is 0.639. The van der Waals surface area contributed by atoms with Crippen LogP contribution in [0.3, 0.4) is 0 Å². The van der Waals surface area contributed by atoms with E-state index in [1.165, 1.54) is 6.42 Å². The molecule has 0 radical (unpaired) electrons. The molecule has 1 unspecified atom stereocenters. The lowest BCUT2D eigenvalue weighted by molar-refractivity contribution is 0.581. The van der Waals surface area contributed by atoms with E-state index in [-0.39, 0.29) is 0 Å². The lowest BCUT2D eigenvalue weighted by Crippen LogP contribution is -1.88. The summed E-state index contributed by atoms with van der Waals surface area (Å²) < 4.78 is 0. The van der Waals surface area contributed by atoms with Gasteiger partial charge >= 0.3 is 0 Å². The van der Waals surface area contributed by atoms with Gasteiger partial charge in [0.1, 0.15) is 0 Å². The molecule has 0 N–H and O–H groups in total. The third kappa shape index (κ3) is 3.85. The van der Waals surface area contributed by atoms with Crippen molar-refractivity contribution >= 4 is 11.6 Å². The molecule has 0 bridgehead atoms. The van der Waals surface area contributed by atoms with E-state index in [1.807, 2.05) is 24.3 Å². The first kappa shape index (κ1) is 11.1. The van der Waals surface area contributed by atoms with Crippen molar-refractivity contribution in [2.45, 2.75) is 26.7 Å². The summed E-state index contributed by atoms with van der Waals surface area (Å²) in [4.78, 5) is 0. The Morgan fingerprint density at radius 3 is 2.50 bits per heavy atom. The highest BCUT2D eigenvalue weighted by Crippen LogP contribution is 2.09. The first-order valence-electron chi connectivity index (χ1n) is 4.96. The van der Waals surface area contributed by atoms with Crippen molar-refractivity contribution in [2.24, 2.45) is 5.92 Å². The fraction of sp³-hybridized carbons (Fsp3) is 0.385. The lowest BCUT2D eigenvalue weighted by atomic mass is 10.1. The molecule has 0 saturated heterocycles. The van der Waals surface area contributed by atoms with Gasteiger partial charge in [0, 0.05) is 17.0 Å². The second kappa shape index (κ2) is 5.73. The van der Waals surface area contributed by atoms with Crippen LogP contribution in [0, 0.1) is 17.8 Å². The standard InChI is InChI=1S/C13H15Cl/c1-3-11(2)5-4-6-12-7-9-13(14)10-8-12/h7-11H,3,5H2,1-2H3. The minimum atomic E-state index is 0.690. The van der Waals surface area contributed by atoms with Crippen molar-refractivity contribution < 1.29 is 0 Å². The molecular formula is C13H15Cl. The van der Waals surface area contributed by atoms with E-state index in [1.54, 1.807) is 0 Å². The van der Waals surface area contributed by atoms with Crippen molar-refractivity contribution in [3.8, 4) is 11.8 Å². The van der Waals surface area contributed by atoms with Gasteiger partial charge < -0.3 is 0 Å². The predicted octanol–water partition coefficient (Wildman–Crippen LogP) is 4.13. The number of hydrogen-bond acceptors (Lipinski definition) is 0. The Hall–Kier alpha value is -0.930. The molecule has 0 aliphatic carbocycles. The van der Waals surface area contributed by atoms with Crippen LogP contribution < -0.4 is 0 Å². The largest absolute Gasteiger partial charge is 0.0976 e. The summed E-state index contributed by atoms with van der Waals surface area (Å²) in [5.41, 5.74) is 1.04. The maximum Gasteiger partial charge on any atom is 0.0406 e. The van der Waals surface area contributed by atoms with E-state index in [9.17, 15) is 0 Å². The second-order valence-corrected chi connectivity index (χ2v) is 3.96. The Morgan fingerprint density at radius 1 is 1.29 bits per heavy atom. The number of benzene rings is 1. The zero-order valence-corrected chi connectivity index (χ0v) is 9.43.